The summed E-state index contributed by atoms with van der Waals surface area (Å²) in [6.07, 6.45) is 0. The number of carbonyl (C=O) groups excluding carboxylic acids is 1. The molecule has 0 aliphatic carbocycles. The molecule has 0 N–H and O–H groups in total. The summed E-state index contributed by atoms with van der Waals surface area (Å²) in [4.78, 5) is 23.1. The molecule has 0 bridgehead atoms. The zero-order valence-electron chi connectivity index (χ0n) is 23.2. The molecular weight excluding hydrogens is 546 g/mol. The number of hydrogen-bond donors (Lipinski definition) is 0. The molecule has 0 unspecified atom stereocenters. The number of hydrogen-bond acceptors (Lipinski definition) is 8. The summed E-state index contributed by atoms with van der Waals surface area (Å²) in [5, 5.41) is 0.825. The maximum absolute atomic E-state index is 13.9. The van der Waals surface area contributed by atoms with Crippen LogP contribution >= 0.6 is 12.4 Å². The van der Waals surface area contributed by atoms with E-state index in [1.807, 2.05) is 59.5 Å². The highest BCUT2D eigenvalue weighted by atomic mass is 35.5. The SMILES string of the molecule is COc1cc(-c2cc(C(=O)N3CCN(Cc4ccc5c(c4)OCO5)CC3)c3ccccc3n2)cc(OC)c1OC.Cl. The van der Waals surface area contributed by atoms with E-state index in [1.165, 1.54) is 5.56 Å². The molecule has 9 nitrogen and oxygen atoms in total. The molecule has 214 valence electrons. The molecule has 0 atom stereocenters. The van der Waals surface area contributed by atoms with Gasteiger partial charge in [0, 0.05) is 43.7 Å². The van der Waals surface area contributed by atoms with Crippen LogP contribution in [-0.4, -0.2) is 75.0 Å². The monoisotopic (exact) mass is 577 g/mol. The number of fused-ring (bicyclic) bond motifs is 2. The number of benzene rings is 3. The van der Waals surface area contributed by atoms with E-state index in [2.05, 4.69) is 11.0 Å². The van der Waals surface area contributed by atoms with Gasteiger partial charge in [-0.05, 0) is 42.0 Å². The van der Waals surface area contributed by atoms with Crippen molar-refractivity contribution in [1.29, 1.82) is 0 Å². The van der Waals surface area contributed by atoms with E-state index in [0.717, 1.165) is 47.6 Å². The number of pyridine rings is 1. The van der Waals surface area contributed by atoms with E-state index < -0.39 is 0 Å². The average molecular weight is 578 g/mol. The second-order valence-electron chi connectivity index (χ2n) is 9.74. The largest absolute Gasteiger partial charge is 0.493 e. The summed E-state index contributed by atoms with van der Waals surface area (Å²) < 4.78 is 27.5. The van der Waals surface area contributed by atoms with Crippen LogP contribution in [0.3, 0.4) is 0 Å². The molecule has 0 spiro atoms. The van der Waals surface area contributed by atoms with Crippen LogP contribution in [0.1, 0.15) is 15.9 Å². The van der Waals surface area contributed by atoms with Gasteiger partial charge < -0.3 is 28.6 Å². The third kappa shape index (κ3) is 5.55. The van der Waals surface area contributed by atoms with Gasteiger partial charge in [-0.2, -0.15) is 0 Å². The Hall–Kier alpha value is -4.21. The first kappa shape index (κ1) is 28.3. The zero-order valence-corrected chi connectivity index (χ0v) is 24.0. The topological polar surface area (TPSA) is 82.6 Å². The number of para-hydroxylation sites is 1. The number of ether oxygens (including phenoxy) is 5. The molecule has 1 saturated heterocycles. The molecule has 1 aromatic heterocycles. The lowest BCUT2D eigenvalue weighted by atomic mass is 10.0. The number of methoxy groups -OCH3 is 3. The van der Waals surface area contributed by atoms with Crippen molar-refractivity contribution in [2.75, 3.05) is 54.3 Å². The van der Waals surface area contributed by atoms with E-state index in [-0.39, 0.29) is 25.1 Å². The number of carbonyl (C=O) groups is 1. The second-order valence-corrected chi connectivity index (χ2v) is 9.74. The van der Waals surface area contributed by atoms with E-state index in [4.69, 9.17) is 28.7 Å². The number of nitrogens with zero attached hydrogens (tertiary/aromatic N) is 3. The third-order valence-electron chi connectivity index (χ3n) is 7.41. The van der Waals surface area contributed by atoms with Crippen molar-refractivity contribution < 1.29 is 28.5 Å². The standard InChI is InChI=1S/C31H31N3O6.ClH/c1-36-28-15-21(16-29(37-2)30(28)38-3)25-17-23(22-6-4-5-7-24(22)32-25)31(35)34-12-10-33(11-13-34)18-20-8-9-26-27(14-20)40-19-39-26;/h4-9,14-17H,10-13,18-19H2,1-3H3;1H. The molecule has 2 aliphatic heterocycles. The Balaban J connectivity index is 0.00000337. The average Bonchev–Trinajstić information content (AvgIpc) is 3.48. The Morgan fingerprint density at radius 2 is 1.56 bits per heavy atom. The molecule has 1 fully saturated rings. The Kier molecular flexibility index (Phi) is 8.37. The van der Waals surface area contributed by atoms with Crippen LogP contribution < -0.4 is 23.7 Å². The first-order valence-electron chi connectivity index (χ1n) is 13.2. The van der Waals surface area contributed by atoms with Gasteiger partial charge in [-0.15, -0.1) is 12.4 Å². The third-order valence-corrected chi connectivity index (χ3v) is 7.41. The van der Waals surface area contributed by atoms with Crippen LogP contribution in [0.15, 0.2) is 60.7 Å². The Morgan fingerprint density at radius 1 is 0.854 bits per heavy atom. The quantitative estimate of drug-likeness (QED) is 0.302. The molecule has 6 rings (SSSR count). The summed E-state index contributed by atoms with van der Waals surface area (Å²) in [7, 11) is 4.73. The molecule has 0 radical (unpaired) electrons. The summed E-state index contributed by atoms with van der Waals surface area (Å²) >= 11 is 0. The van der Waals surface area contributed by atoms with Gasteiger partial charge in [0.25, 0.3) is 5.91 Å². The highest BCUT2D eigenvalue weighted by molar-refractivity contribution is 6.07. The maximum atomic E-state index is 13.9. The number of piperazine rings is 1. The van der Waals surface area contributed by atoms with Crippen molar-refractivity contribution in [2.45, 2.75) is 6.54 Å². The fourth-order valence-corrected chi connectivity index (χ4v) is 5.31. The minimum absolute atomic E-state index is 0. The molecule has 41 heavy (non-hydrogen) atoms. The Morgan fingerprint density at radius 3 is 2.27 bits per heavy atom. The van der Waals surface area contributed by atoms with Crippen LogP contribution in [0.5, 0.6) is 28.7 Å². The van der Waals surface area contributed by atoms with Gasteiger partial charge in [-0.1, -0.05) is 24.3 Å². The molecule has 3 aromatic carbocycles. The lowest BCUT2D eigenvalue weighted by molar-refractivity contribution is 0.0630. The lowest BCUT2D eigenvalue weighted by Crippen LogP contribution is -2.48. The van der Waals surface area contributed by atoms with Crippen molar-refractivity contribution in [1.82, 2.24) is 14.8 Å². The summed E-state index contributed by atoms with van der Waals surface area (Å²) in [5.74, 6) is 3.13. The number of halogens is 1. The van der Waals surface area contributed by atoms with E-state index in [0.29, 0.717) is 41.6 Å². The predicted octanol–water partition coefficient (Wildman–Crippen LogP) is 5.04. The number of rotatable bonds is 7. The van der Waals surface area contributed by atoms with Crippen molar-refractivity contribution in [3.05, 3.63) is 71.8 Å². The minimum Gasteiger partial charge on any atom is -0.493 e. The molecule has 0 saturated carbocycles. The number of aromatic nitrogens is 1. The molecule has 2 aliphatic rings. The first-order valence-corrected chi connectivity index (χ1v) is 13.2. The molecule has 10 heteroatoms. The molecule has 4 aromatic rings. The second kappa shape index (κ2) is 12.1. The Labute approximate surface area is 244 Å². The first-order chi connectivity index (χ1) is 19.6. The highest BCUT2D eigenvalue weighted by Gasteiger charge is 2.25. The molecule has 1 amide bonds. The van der Waals surface area contributed by atoms with E-state index in [9.17, 15) is 4.79 Å². The van der Waals surface area contributed by atoms with E-state index in [1.54, 1.807) is 21.3 Å². The highest BCUT2D eigenvalue weighted by Crippen LogP contribution is 2.41. The van der Waals surface area contributed by atoms with E-state index >= 15 is 0 Å². The van der Waals surface area contributed by atoms with Crippen molar-refractivity contribution in [3.63, 3.8) is 0 Å². The molecule has 3 heterocycles. The fraction of sp³-hybridized carbons (Fsp3) is 0.290. The van der Waals surface area contributed by atoms with Crippen molar-refractivity contribution in [2.24, 2.45) is 0 Å². The van der Waals surface area contributed by atoms with Crippen LogP contribution in [0.4, 0.5) is 0 Å². The van der Waals surface area contributed by atoms with Crippen LogP contribution in [0.25, 0.3) is 22.2 Å². The van der Waals surface area contributed by atoms with Gasteiger partial charge in [-0.25, -0.2) is 4.98 Å². The Bertz CT molecular complexity index is 1550. The fourth-order valence-electron chi connectivity index (χ4n) is 5.31. The van der Waals surface area contributed by atoms with Crippen molar-refractivity contribution >= 4 is 29.2 Å². The zero-order chi connectivity index (χ0) is 27.6. The summed E-state index contributed by atoms with van der Waals surface area (Å²) in [5.41, 5.74) is 3.96. The summed E-state index contributed by atoms with van der Waals surface area (Å²) in [6.45, 7) is 3.90. The van der Waals surface area contributed by atoms with Crippen LogP contribution in [-0.2, 0) is 6.54 Å². The van der Waals surface area contributed by atoms with Gasteiger partial charge in [0.1, 0.15) is 0 Å². The normalized spacial score (nSPS) is 14.5. The summed E-state index contributed by atoms with van der Waals surface area (Å²) in [6, 6.07) is 19.4. The lowest BCUT2D eigenvalue weighted by Gasteiger charge is -2.35. The molecular formula is C31H32ClN3O6. The van der Waals surface area contributed by atoms with Gasteiger partial charge in [0.05, 0.1) is 38.1 Å². The van der Waals surface area contributed by atoms with Crippen LogP contribution in [0.2, 0.25) is 0 Å². The van der Waals surface area contributed by atoms with Gasteiger partial charge in [0.15, 0.2) is 23.0 Å². The minimum atomic E-state index is -0.00461. The van der Waals surface area contributed by atoms with Crippen molar-refractivity contribution in [3.8, 4) is 40.0 Å². The van der Waals surface area contributed by atoms with Crippen LogP contribution in [0, 0.1) is 0 Å². The number of amides is 1. The van der Waals surface area contributed by atoms with Gasteiger partial charge in [0.2, 0.25) is 12.5 Å². The van der Waals surface area contributed by atoms with Gasteiger partial charge in [-0.3, -0.25) is 9.69 Å². The predicted molar refractivity (Wildman–Crippen MR) is 158 cm³/mol. The van der Waals surface area contributed by atoms with Gasteiger partial charge >= 0.3 is 0 Å². The smallest absolute Gasteiger partial charge is 0.254 e. The maximum Gasteiger partial charge on any atom is 0.254 e.